The van der Waals surface area contributed by atoms with E-state index in [4.69, 9.17) is 19.5 Å². The van der Waals surface area contributed by atoms with Gasteiger partial charge < -0.3 is 19.5 Å². The summed E-state index contributed by atoms with van der Waals surface area (Å²) in [6.45, 7) is 5.02. The van der Waals surface area contributed by atoms with Crippen LogP contribution in [0.5, 0.6) is 17.2 Å². The van der Waals surface area contributed by atoms with Crippen molar-refractivity contribution in [3.63, 3.8) is 0 Å². The fourth-order valence-electron chi connectivity index (χ4n) is 2.91. The number of hydrogen-bond donors (Lipinski definition) is 1. The molecule has 0 bridgehead atoms. The summed E-state index contributed by atoms with van der Waals surface area (Å²) in [7, 11) is 0. The fraction of sp³-hybridized carbons (Fsp3) is 0.333. The molecule has 0 saturated heterocycles. The van der Waals surface area contributed by atoms with E-state index in [0.717, 1.165) is 11.3 Å². The molecule has 1 aliphatic heterocycles. The van der Waals surface area contributed by atoms with E-state index < -0.39 is 0 Å². The van der Waals surface area contributed by atoms with Gasteiger partial charge >= 0.3 is 0 Å². The van der Waals surface area contributed by atoms with Crippen LogP contribution in [-0.2, 0) is 4.79 Å². The van der Waals surface area contributed by atoms with Crippen molar-refractivity contribution in [3.05, 3.63) is 53.6 Å². The van der Waals surface area contributed by atoms with Crippen molar-refractivity contribution in [1.82, 2.24) is 5.32 Å². The number of nitriles is 1. The number of nitrogens with one attached hydrogen (secondary N) is 1. The third-order valence-corrected chi connectivity index (χ3v) is 4.24. The van der Waals surface area contributed by atoms with Gasteiger partial charge in [-0.3, -0.25) is 4.79 Å². The van der Waals surface area contributed by atoms with Crippen molar-refractivity contribution in [2.45, 2.75) is 19.9 Å². The summed E-state index contributed by atoms with van der Waals surface area (Å²) in [6.07, 6.45) is 0. The van der Waals surface area contributed by atoms with Gasteiger partial charge in [0, 0.05) is 0 Å². The summed E-state index contributed by atoms with van der Waals surface area (Å²) in [6, 6.07) is 14.3. The van der Waals surface area contributed by atoms with Crippen LogP contribution >= 0.6 is 0 Å². The van der Waals surface area contributed by atoms with E-state index in [1.165, 1.54) is 0 Å². The molecule has 6 nitrogen and oxygen atoms in total. The lowest BCUT2D eigenvalue weighted by Gasteiger charge is -2.25. The maximum absolute atomic E-state index is 12.4. The fourth-order valence-corrected chi connectivity index (χ4v) is 2.91. The largest absolute Gasteiger partial charge is 0.486 e. The zero-order chi connectivity index (χ0) is 19.2. The van der Waals surface area contributed by atoms with Crippen molar-refractivity contribution in [3.8, 4) is 23.3 Å². The summed E-state index contributed by atoms with van der Waals surface area (Å²) in [5, 5.41) is 11.9. The Bertz CT molecular complexity index is 858. The number of hydrogen-bond acceptors (Lipinski definition) is 5. The van der Waals surface area contributed by atoms with Crippen LogP contribution in [-0.4, -0.2) is 25.7 Å². The Labute approximate surface area is 158 Å². The first-order chi connectivity index (χ1) is 13.1. The predicted molar refractivity (Wildman–Crippen MR) is 99.8 cm³/mol. The van der Waals surface area contributed by atoms with Gasteiger partial charge in [-0.05, 0) is 41.8 Å². The number of fused-ring (bicyclic) bond motifs is 1. The molecule has 27 heavy (non-hydrogen) atoms. The number of ether oxygens (including phenoxy) is 3. The van der Waals surface area contributed by atoms with E-state index in [0.29, 0.717) is 30.3 Å². The van der Waals surface area contributed by atoms with Crippen LogP contribution in [0.4, 0.5) is 0 Å². The molecule has 1 N–H and O–H groups in total. The smallest absolute Gasteiger partial charge is 0.258 e. The van der Waals surface area contributed by atoms with E-state index in [1.807, 2.05) is 38.1 Å². The van der Waals surface area contributed by atoms with Crippen LogP contribution in [0.3, 0.4) is 0 Å². The van der Waals surface area contributed by atoms with Gasteiger partial charge in [0.25, 0.3) is 5.91 Å². The standard InChI is InChI=1S/C21H22N2O4/c1-14(2)21(16-6-7-18-19(11-16)26-9-8-25-18)23-20(24)13-27-17-5-3-4-15(10-17)12-22/h3-7,10-11,14,21H,8-9,13H2,1-2H3,(H,23,24)/t21-/m1/s1. The molecule has 1 heterocycles. The molecule has 0 aliphatic carbocycles. The number of carbonyl (C=O) groups excluding carboxylic acids is 1. The molecule has 0 radical (unpaired) electrons. The molecule has 2 aromatic rings. The second-order valence-corrected chi connectivity index (χ2v) is 6.62. The van der Waals surface area contributed by atoms with Gasteiger partial charge in [-0.2, -0.15) is 5.26 Å². The van der Waals surface area contributed by atoms with Crippen LogP contribution in [0, 0.1) is 17.2 Å². The minimum Gasteiger partial charge on any atom is -0.486 e. The second-order valence-electron chi connectivity index (χ2n) is 6.62. The Hall–Kier alpha value is -3.20. The first-order valence-corrected chi connectivity index (χ1v) is 8.88. The Balaban J connectivity index is 1.65. The molecule has 3 rings (SSSR count). The Morgan fingerprint density at radius 2 is 1.96 bits per heavy atom. The number of benzene rings is 2. The third kappa shape index (κ3) is 4.70. The number of carbonyl (C=O) groups is 1. The molecule has 0 aromatic heterocycles. The summed E-state index contributed by atoms with van der Waals surface area (Å²) in [5.74, 6) is 1.86. The normalized spacial score (nSPS) is 13.6. The van der Waals surface area contributed by atoms with Crippen molar-refractivity contribution < 1.29 is 19.0 Å². The molecule has 0 spiro atoms. The van der Waals surface area contributed by atoms with E-state index in [1.54, 1.807) is 24.3 Å². The van der Waals surface area contributed by atoms with E-state index in [9.17, 15) is 4.79 Å². The van der Waals surface area contributed by atoms with Gasteiger partial charge in [0.15, 0.2) is 18.1 Å². The number of rotatable bonds is 6. The molecule has 0 saturated carbocycles. The Morgan fingerprint density at radius 3 is 2.70 bits per heavy atom. The minimum atomic E-state index is -0.231. The van der Waals surface area contributed by atoms with Crippen molar-refractivity contribution in [2.24, 2.45) is 5.92 Å². The Morgan fingerprint density at radius 1 is 1.19 bits per heavy atom. The molecular formula is C21H22N2O4. The molecule has 6 heteroatoms. The van der Waals surface area contributed by atoms with Crippen LogP contribution in [0.1, 0.15) is 31.0 Å². The minimum absolute atomic E-state index is 0.122. The summed E-state index contributed by atoms with van der Waals surface area (Å²) >= 11 is 0. The summed E-state index contributed by atoms with van der Waals surface area (Å²) < 4.78 is 16.7. The monoisotopic (exact) mass is 366 g/mol. The molecule has 1 aliphatic rings. The molecule has 0 unspecified atom stereocenters. The lowest BCUT2D eigenvalue weighted by Crippen LogP contribution is -2.35. The predicted octanol–water partition coefficient (Wildman–Crippen LogP) is 3.22. The molecule has 2 aromatic carbocycles. The highest BCUT2D eigenvalue weighted by atomic mass is 16.6. The SMILES string of the molecule is CC(C)[C@@H](NC(=O)COc1cccc(C#N)c1)c1ccc2c(c1)OCCO2. The van der Waals surface area contributed by atoms with Crippen molar-refractivity contribution in [2.75, 3.05) is 19.8 Å². The maximum Gasteiger partial charge on any atom is 0.258 e. The van der Waals surface area contributed by atoms with Gasteiger partial charge in [-0.1, -0.05) is 26.0 Å². The summed E-state index contributed by atoms with van der Waals surface area (Å²) in [5.41, 5.74) is 1.44. The molecule has 1 atom stereocenters. The highest BCUT2D eigenvalue weighted by molar-refractivity contribution is 5.78. The molecule has 1 amide bonds. The summed E-state index contributed by atoms with van der Waals surface area (Å²) in [4.78, 5) is 12.4. The molecule has 140 valence electrons. The highest BCUT2D eigenvalue weighted by Gasteiger charge is 2.21. The second kappa shape index (κ2) is 8.45. The van der Waals surface area contributed by atoms with E-state index in [2.05, 4.69) is 5.32 Å². The Kier molecular flexibility index (Phi) is 5.82. The number of nitrogens with zero attached hydrogens (tertiary/aromatic N) is 1. The third-order valence-electron chi connectivity index (χ3n) is 4.24. The zero-order valence-electron chi connectivity index (χ0n) is 15.4. The van der Waals surface area contributed by atoms with Gasteiger partial charge in [-0.15, -0.1) is 0 Å². The quantitative estimate of drug-likeness (QED) is 0.849. The van der Waals surface area contributed by atoms with Crippen molar-refractivity contribution >= 4 is 5.91 Å². The van der Waals surface area contributed by atoms with Gasteiger partial charge in [-0.25, -0.2) is 0 Å². The lowest BCUT2D eigenvalue weighted by atomic mass is 9.95. The van der Waals surface area contributed by atoms with Crippen LogP contribution in [0.2, 0.25) is 0 Å². The van der Waals surface area contributed by atoms with Crippen LogP contribution in [0.25, 0.3) is 0 Å². The average Bonchev–Trinajstić information content (AvgIpc) is 2.70. The molecule has 0 fully saturated rings. The van der Waals surface area contributed by atoms with Gasteiger partial charge in [0.1, 0.15) is 19.0 Å². The lowest BCUT2D eigenvalue weighted by molar-refractivity contribution is -0.124. The van der Waals surface area contributed by atoms with Crippen molar-refractivity contribution in [1.29, 1.82) is 5.26 Å². The first kappa shape index (κ1) is 18.6. The van der Waals surface area contributed by atoms with E-state index >= 15 is 0 Å². The maximum atomic E-state index is 12.4. The zero-order valence-corrected chi connectivity index (χ0v) is 15.4. The van der Waals surface area contributed by atoms with Crippen LogP contribution in [0.15, 0.2) is 42.5 Å². The topological polar surface area (TPSA) is 80.6 Å². The number of amides is 1. The average molecular weight is 366 g/mol. The first-order valence-electron chi connectivity index (χ1n) is 8.88. The van der Waals surface area contributed by atoms with Crippen LogP contribution < -0.4 is 19.5 Å². The van der Waals surface area contributed by atoms with E-state index in [-0.39, 0.29) is 24.5 Å². The van der Waals surface area contributed by atoms with Gasteiger partial charge in [0.05, 0.1) is 17.7 Å². The van der Waals surface area contributed by atoms with Gasteiger partial charge in [0.2, 0.25) is 0 Å². The highest BCUT2D eigenvalue weighted by Crippen LogP contribution is 2.34. The molecular weight excluding hydrogens is 344 g/mol.